The predicted octanol–water partition coefficient (Wildman–Crippen LogP) is 3.20. The fourth-order valence-corrected chi connectivity index (χ4v) is 2.99. The molecule has 0 aliphatic carbocycles. The zero-order valence-corrected chi connectivity index (χ0v) is 12.4. The van der Waals surface area contributed by atoms with Gasteiger partial charge in [-0.3, -0.25) is 9.69 Å². The lowest BCUT2D eigenvalue weighted by atomic mass is 9.96. The van der Waals surface area contributed by atoms with Gasteiger partial charge in [-0.2, -0.15) is 5.26 Å². The number of ketones is 1. The van der Waals surface area contributed by atoms with Crippen molar-refractivity contribution in [1.82, 2.24) is 4.90 Å². The standard InChI is InChI=1S/C17H22N2O/c1-13-9-15(11-18)6-7-16(13)12-19-8-4-3-5-17(19)10-14(2)20/h6-7,9,17H,3-5,8,10,12H2,1-2H3. The number of aryl methyl sites for hydroxylation is 1. The van der Waals surface area contributed by atoms with Crippen molar-refractivity contribution in [3.63, 3.8) is 0 Å². The van der Waals surface area contributed by atoms with Crippen LogP contribution in [-0.2, 0) is 11.3 Å². The lowest BCUT2D eigenvalue weighted by molar-refractivity contribution is -0.118. The molecule has 1 aliphatic rings. The van der Waals surface area contributed by atoms with Crippen LogP contribution < -0.4 is 0 Å². The third-order valence-corrected chi connectivity index (χ3v) is 4.12. The Bertz CT molecular complexity index is 530. The summed E-state index contributed by atoms with van der Waals surface area (Å²) in [4.78, 5) is 13.8. The zero-order valence-electron chi connectivity index (χ0n) is 12.4. The van der Waals surface area contributed by atoms with Gasteiger partial charge < -0.3 is 0 Å². The SMILES string of the molecule is CC(=O)CC1CCCCN1Cc1ccc(C#N)cc1C. The van der Waals surface area contributed by atoms with E-state index in [4.69, 9.17) is 5.26 Å². The minimum Gasteiger partial charge on any atom is -0.300 e. The summed E-state index contributed by atoms with van der Waals surface area (Å²) in [5.74, 6) is 0.276. The Morgan fingerprint density at radius 3 is 2.90 bits per heavy atom. The van der Waals surface area contributed by atoms with E-state index in [2.05, 4.69) is 17.9 Å². The molecule has 1 aliphatic heterocycles. The van der Waals surface area contributed by atoms with Gasteiger partial charge in [0.25, 0.3) is 0 Å². The average Bonchev–Trinajstić information content (AvgIpc) is 2.42. The van der Waals surface area contributed by atoms with E-state index >= 15 is 0 Å². The van der Waals surface area contributed by atoms with Gasteiger partial charge in [0, 0.05) is 19.0 Å². The highest BCUT2D eigenvalue weighted by molar-refractivity contribution is 5.76. The molecule has 1 aromatic rings. The molecule has 1 fully saturated rings. The first-order valence-corrected chi connectivity index (χ1v) is 7.33. The molecular formula is C17H22N2O. The monoisotopic (exact) mass is 270 g/mol. The summed E-state index contributed by atoms with van der Waals surface area (Å²) < 4.78 is 0. The van der Waals surface area contributed by atoms with Crippen LogP contribution in [0.5, 0.6) is 0 Å². The van der Waals surface area contributed by atoms with Crippen LogP contribution in [0, 0.1) is 18.3 Å². The number of piperidine rings is 1. The summed E-state index contributed by atoms with van der Waals surface area (Å²) in [6, 6.07) is 8.43. The van der Waals surface area contributed by atoms with Crippen molar-refractivity contribution in [3.8, 4) is 6.07 Å². The average molecular weight is 270 g/mol. The molecule has 3 heteroatoms. The Morgan fingerprint density at radius 1 is 1.45 bits per heavy atom. The van der Waals surface area contributed by atoms with Crippen LogP contribution in [-0.4, -0.2) is 23.3 Å². The van der Waals surface area contributed by atoms with Gasteiger partial charge in [-0.1, -0.05) is 12.5 Å². The molecule has 106 valence electrons. The Kier molecular flexibility index (Phi) is 4.92. The number of hydrogen-bond donors (Lipinski definition) is 0. The van der Waals surface area contributed by atoms with Gasteiger partial charge in [0.2, 0.25) is 0 Å². The van der Waals surface area contributed by atoms with Gasteiger partial charge in [0.1, 0.15) is 5.78 Å². The van der Waals surface area contributed by atoms with Gasteiger partial charge in [-0.15, -0.1) is 0 Å². The summed E-state index contributed by atoms with van der Waals surface area (Å²) in [6.45, 7) is 5.69. The first-order valence-electron chi connectivity index (χ1n) is 7.33. The molecule has 1 heterocycles. The molecule has 0 aromatic heterocycles. The summed E-state index contributed by atoms with van der Waals surface area (Å²) in [5.41, 5.74) is 3.14. The van der Waals surface area contributed by atoms with Gasteiger partial charge in [-0.25, -0.2) is 0 Å². The summed E-state index contributed by atoms with van der Waals surface area (Å²) >= 11 is 0. The Balaban J connectivity index is 2.10. The van der Waals surface area contributed by atoms with Crippen molar-refractivity contribution in [2.75, 3.05) is 6.54 Å². The van der Waals surface area contributed by atoms with E-state index < -0.39 is 0 Å². The highest BCUT2D eigenvalue weighted by Crippen LogP contribution is 2.23. The summed E-state index contributed by atoms with van der Waals surface area (Å²) in [6.07, 6.45) is 4.22. The number of carbonyl (C=O) groups is 1. The van der Waals surface area contributed by atoms with Gasteiger partial charge >= 0.3 is 0 Å². The number of hydrogen-bond acceptors (Lipinski definition) is 3. The molecule has 0 N–H and O–H groups in total. The second kappa shape index (κ2) is 6.67. The fourth-order valence-electron chi connectivity index (χ4n) is 2.99. The molecule has 1 unspecified atom stereocenters. The van der Waals surface area contributed by atoms with Gasteiger partial charge in [-0.05, 0) is 56.5 Å². The zero-order chi connectivity index (χ0) is 14.5. The molecule has 0 saturated carbocycles. The number of Topliss-reactive ketones (excluding diaryl/α,β-unsaturated/α-hetero) is 1. The summed E-state index contributed by atoms with van der Waals surface area (Å²) in [5, 5.41) is 8.92. The van der Waals surface area contributed by atoms with Crippen LogP contribution in [0.1, 0.15) is 49.3 Å². The fraction of sp³-hybridized carbons (Fsp3) is 0.529. The van der Waals surface area contributed by atoms with E-state index in [-0.39, 0.29) is 5.78 Å². The van der Waals surface area contributed by atoms with Gasteiger partial charge in [0.05, 0.1) is 11.6 Å². The van der Waals surface area contributed by atoms with Crippen LogP contribution in [0.3, 0.4) is 0 Å². The topological polar surface area (TPSA) is 44.1 Å². The van der Waals surface area contributed by atoms with Crippen LogP contribution in [0.2, 0.25) is 0 Å². The third-order valence-electron chi connectivity index (χ3n) is 4.12. The van der Waals surface area contributed by atoms with E-state index in [1.807, 2.05) is 18.2 Å². The molecule has 0 radical (unpaired) electrons. The highest BCUT2D eigenvalue weighted by atomic mass is 16.1. The van der Waals surface area contributed by atoms with Crippen LogP contribution in [0.4, 0.5) is 0 Å². The van der Waals surface area contributed by atoms with Crippen LogP contribution in [0.15, 0.2) is 18.2 Å². The molecule has 1 atom stereocenters. The Morgan fingerprint density at radius 2 is 2.25 bits per heavy atom. The maximum Gasteiger partial charge on any atom is 0.131 e. The number of likely N-dealkylation sites (tertiary alicyclic amines) is 1. The van der Waals surface area contributed by atoms with Crippen molar-refractivity contribution in [2.45, 2.75) is 52.1 Å². The minimum atomic E-state index is 0.276. The van der Waals surface area contributed by atoms with Crippen molar-refractivity contribution in [1.29, 1.82) is 5.26 Å². The van der Waals surface area contributed by atoms with Crippen molar-refractivity contribution in [2.24, 2.45) is 0 Å². The Labute approximate surface area is 121 Å². The molecule has 2 rings (SSSR count). The van der Waals surface area contributed by atoms with E-state index in [9.17, 15) is 4.79 Å². The molecule has 0 spiro atoms. The number of nitrogens with zero attached hydrogens (tertiary/aromatic N) is 2. The molecule has 0 amide bonds. The largest absolute Gasteiger partial charge is 0.300 e. The second-order valence-electron chi connectivity index (χ2n) is 5.78. The molecule has 1 saturated heterocycles. The van der Waals surface area contributed by atoms with E-state index in [0.29, 0.717) is 18.0 Å². The van der Waals surface area contributed by atoms with Gasteiger partial charge in [0.15, 0.2) is 0 Å². The number of carbonyl (C=O) groups excluding carboxylic acids is 1. The summed E-state index contributed by atoms with van der Waals surface area (Å²) in [7, 11) is 0. The second-order valence-corrected chi connectivity index (χ2v) is 5.78. The lowest BCUT2D eigenvalue weighted by Crippen LogP contribution is -2.40. The molecular weight excluding hydrogens is 248 g/mol. The van der Waals surface area contributed by atoms with Crippen molar-refractivity contribution < 1.29 is 4.79 Å². The van der Waals surface area contributed by atoms with E-state index in [1.54, 1.807) is 6.92 Å². The first kappa shape index (κ1) is 14.7. The van der Waals surface area contributed by atoms with Crippen molar-refractivity contribution >= 4 is 5.78 Å². The van der Waals surface area contributed by atoms with E-state index in [0.717, 1.165) is 25.1 Å². The third kappa shape index (κ3) is 3.68. The van der Waals surface area contributed by atoms with Crippen LogP contribution >= 0.6 is 0 Å². The minimum absolute atomic E-state index is 0.276. The normalized spacial score (nSPS) is 19.6. The lowest BCUT2D eigenvalue weighted by Gasteiger charge is -2.35. The number of rotatable bonds is 4. The predicted molar refractivity (Wildman–Crippen MR) is 79.2 cm³/mol. The number of benzene rings is 1. The highest BCUT2D eigenvalue weighted by Gasteiger charge is 2.23. The molecule has 0 bridgehead atoms. The molecule has 1 aromatic carbocycles. The van der Waals surface area contributed by atoms with E-state index in [1.165, 1.54) is 18.4 Å². The van der Waals surface area contributed by atoms with Crippen LogP contribution in [0.25, 0.3) is 0 Å². The quantitative estimate of drug-likeness (QED) is 0.844. The Hall–Kier alpha value is -1.66. The molecule has 20 heavy (non-hydrogen) atoms. The maximum atomic E-state index is 11.4. The smallest absolute Gasteiger partial charge is 0.131 e. The molecule has 3 nitrogen and oxygen atoms in total. The maximum absolute atomic E-state index is 11.4. The van der Waals surface area contributed by atoms with Crippen molar-refractivity contribution in [3.05, 3.63) is 34.9 Å². The number of nitriles is 1. The first-order chi connectivity index (χ1) is 9.60.